The molecule has 1 aromatic heterocycles. The van der Waals surface area contributed by atoms with Crippen LogP contribution in [0.3, 0.4) is 0 Å². The maximum Gasteiger partial charge on any atom is 0.256 e. The molecule has 0 spiro atoms. The third-order valence-corrected chi connectivity index (χ3v) is 3.78. The van der Waals surface area contributed by atoms with Gasteiger partial charge in [-0.25, -0.2) is 4.98 Å². The number of Topliss-reactive ketones (excluding diaryl/α,β-unsaturated/α-hetero) is 1. The first-order valence-electron chi connectivity index (χ1n) is 6.73. The topological polar surface area (TPSA) is 88.2 Å². The third kappa shape index (κ3) is 4.61. The van der Waals surface area contributed by atoms with Crippen LogP contribution in [-0.4, -0.2) is 34.0 Å². The van der Waals surface area contributed by atoms with Gasteiger partial charge in [-0.15, -0.1) is 22.9 Å². The average molecular weight is 352 g/mol. The van der Waals surface area contributed by atoms with Gasteiger partial charge in [0.2, 0.25) is 5.91 Å². The number of aromatic nitrogens is 1. The molecule has 2 N–H and O–H groups in total. The van der Waals surface area contributed by atoms with Crippen LogP contribution in [0.2, 0.25) is 0 Å². The van der Waals surface area contributed by atoms with Crippen LogP contribution in [-0.2, 0) is 9.59 Å². The molecular weight excluding hydrogens is 338 g/mol. The molecule has 1 heterocycles. The standard InChI is InChI=1S/C15H14ClN3O3S/c1-9(16)13(21)18-11(12(20)10-5-3-2-4-6-10)14(22)19-15-17-7-8-23-15/h2-9,11H,1H3,(H,18,21)(H,17,19,22). The maximum absolute atomic E-state index is 12.5. The van der Waals surface area contributed by atoms with Crippen LogP contribution in [0.15, 0.2) is 41.9 Å². The van der Waals surface area contributed by atoms with Crippen molar-refractivity contribution >= 4 is 45.7 Å². The Balaban J connectivity index is 2.22. The molecule has 6 nitrogen and oxygen atoms in total. The van der Waals surface area contributed by atoms with Gasteiger partial charge in [-0.2, -0.15) is 0 Å². The van der Waals surface area contributed by atoms with E-state index in [-0.39, 0.29) is 0 Å². The summed E-state index contributed by atoms with van der Waals surface area (Å²) in [6.45, 7) is 1.46. The minimum Gasteiger partial charge on any atom is -0.337 e. The van der Waals surface area contributed by atoms with E-state index < -0.39 is 29.0 Å². The monoisotopic (exact) mass is 351 g/mol. The number of hydrogen-bond donors (Lipinski definition) is 2. The second-order valence-electron chi connectivity index (χ2n) is 4.61. The lowest BCUT2D eigenvalue weighted by Gasteiger charge is -2.17. The van der Waals surface area contributed by atoms with Crippen molar-refractivity contribution < 1.29 is 14.4 Å². The predicted molar refractivity (Wildman–Crippen MR) is 88.8 cm³/mol. The van der Waals surface area contributed by atoms with Crippen LogP contribution in [0, 0.1) is 0 Å². The molecule has 2 unspecified atom stereocenters. The molecule has 0 fully saturated rings. The molecule has 0 saturated carbocycles. The van der Waals surface area contributed by atoms with Gasteiger partial charge in [0.1, 0.15) is 5.38 Å². The van der Waals surface area contributed by atoms with Crippen LogP contribution in [0.25, 0.3) is 0 Å². The number of carbonyl (C=O) groups excluding carboxylic acids is 3. The molecule has 23 heavy (non-hydrogen) atoms. The van der Waals surface area contributed by atoms with Crippen molar-refractivity contribution in [1.82, 2.24) is 10.3 Å². The number of ketones is 1. The smallest absolute Gasteiger partial charge is 0.256 e. The molecule has 120 valence electrons. The number of carbonyl (C=O) groups is 3. The highest BCUT2D eigenvalue weighted by Crippen LogP contribution is 2.12. The predicted octanol–water partition coefficient (Wildman–Crippen LogP) is 2.08. The van der Waals surface area contributed by atoms with Gasteiger partial charge < -0.3 is 5.32 Å². The minimum atomic E-state index is -1.38. The summed E-state index contributed by atoms with van der Waals surface area (Å²) in [4.78, 5) is 40.6. The Kier molecular flexibility index (Phi) is 5.84. The highest BCUT2D eigenvalue weighted by Gasteiger charge is 2.30. The summed E-state index contributed by atoms with van der Waals surface area (Å²) < 4.78 is 0. The Morgan fingerprint density at radius 1 is 1.17 bits per heavy atom. The first kappa shape index (κ1) is 17.1. The highest BCUT2D eigenvalue weighted by molar-refractivity contribution is 7.13. The van der Waals surface area contributed by atoms with E-state index in [4.69, 9.17) is 11.6 Å². The van der Waals surface area contributed by atoms with Gasteiger partial charge in [-0.05, 0) is 6.92 Å². The molecule has 0 radical (unpaired) electrons. The fraction of sp³-hybridized carbons (Fsp3) is 0.200. The second-order valence-corrected chi connectivity index (χ2v) is 6.16. The van der Waals surface area contributed by atoms with Crippen molar-refractivity contribution in [2.24, 2.45) is 0 Å². The SMILES string of the molecule is CC(Cl)C(=O)NC(C(=O)Nc1nccs1)C(=O)c1ccccc1. The lowest BCUT2D eigenvalue weighted by Crippen LogP contribution is -2.50. The summed E-state index contributed by atoms with van der Waals surface area (Å²) in [6, 6.07) is 6.87. The zero-order chi connectivity index (χ0) is 16.8. The van der Waals surface area contributed by atoms with Gasteiger partial charge in [0.25, 0.3) is 5.91 Å². The normalized spacial score (nSPS) is 13.0. The number of rotatable bonds is 6. The van der Waals surface area contributed by atoms with Gasteiger partial charge >= 0.3 is 0 Å². The van der Waals surface area contributed by atoms with Crippen molar-refractivity contribution in [2.75, 3.05) is 5.32 Å². The quantitative estimate of drug-likeness (QED) is 0.474. The zero-order valence-corrected chi connectivity index (χ0v) is 13.7. The first-order valence-corrected chi connectivity index (χ1v) is 8.04. The molecular formula is C15H14ClN3O3S. The molecule has 0 bridgehead atoms. The van der Waals surface area contributed by atoms with Crippen molar-refractivity contribution in [2.45, 2.75) is 18.3 Å². The molecule has 0 aliphatic heterocycles. The van der Waals surface area contributed by atoms with E-state index in [1.807, 2.05) is 0 Å². The molecule has 1 aromatic carbocycles. The number of anilines is 1. The van der Waals surface area contributed by atoms with Crippen molar-refractivity contribution in [3.63, 3.8) is 0 Å². The maximum atomic E-state index is 12.5. The Labute approximate surface area is 141 Å². The van der Waals surface area contributed by atoms with E-state index >= 15 is 0 Å². The number of halogens is 1. The zero-order valence-electron chi connectivity index (χ0n) is 12.2. The van der Waals surface area contributed by atoms with Crippen LogP contribution in [0.5, 0.6) is 0 Å². The minimum absolute atomic E-state index is 0.314. The fourth-order valence-electron chi connectivity index (χ4n) is 1.74. The lowest BCUT2D eigenvalue weighted by atomic mass is 10.0. The number of nitrogens with one attached hydrogen (secondary N) is 2. The number of benzene rings is 1. The number of alkyl halides is 1. The summed E-state index contributed by atoms with van der Waals surface area (Å²) in [5, 5.41) is 6.04. The van der Waals surface area contributed by atoms with Crippen LogP contribution < -0.4 is 10.6 Å². The lowest BCUT2D eigenvalue weighted by molar-refractivity contribution is -0.125. The van der Waals surface area contributed by atoms with E-state index in [2.05, 4.69) is 15.6 Å². The fourth-order valence-corrected chi connectivity index (χ4v) is 2.33. The third-order valence-electron chi connectivity index (χ3n) is 2.89. The molecule has 0 aliphatic rings. The van der Waals surface area contributed by atoms with E-state index in [1.54, 1.807) is 35.7 Å². The van der Waals surface area contributed by atoms with Gasteiger partial charge in [-0.1, -0.05) is 30.3 Å². The van der Waals surface area contributed by atoms with E-state index in [0.29, 0.717) is 10.7 Å². The molecule has 0 saturated heterocycles. The molecule has 2 atom stereocenters. The Morgan fingerprint density at radius 3 is 2.43 bits per heavy atom. The van der Waals surface area contributed by atoms with Crippen LogP contribution >= 0.6 is 22.9 Å². The van der Waals surface area contributed by atoms with Gasteiger partial charge in [0.15, 0.2) is 17.0 Å². The van der Waals surface area contributed by atoms with Gasteiger partial charge in [0.05, 0.1) is 0 Å². The number of nitrogens with zero attached hydrogens (tertiary/aromatic N) is 1. The van der Waals surface area contributed by atoms with Crippen molar-refractivity contribution in [3.8, 4) is 0 Å². The van der Waals surface area contributed by atoms with Crippen LogP contribution in [0.1, 0.15) is 17.3 Å². The molecule has 2 aromatic rings. The van der Waals surface area contributed by atoms with Crippen molar-refractivity contribution in [1.29, 1.82) is 0 Å². The summed E-state index contributed by atoms with van der Waals surface area (Å²) in [5.41, 5.74) is 0.314. The van der Waals surface area contributed by atoms with E-state index in [0.717, 1.165) is 0 Å². The van der Waals surface area contributed by atoms with Gasteiger partial charge in [-0.3, -0.25) is 19.7 Å². The van der Waals surface area contributed by atoms with Crippen LogP contribution in [0.4, 0.5) is 5.13 Å². The molecule has 2 rings (SSSR count). The summed E-state index contributed by atoms with van der Waals surface area (Å²) >= 11 is 6.91. The summed E-state index contributed by atoms with van der Waals surface area (Å²) in [7, 11) is 0. The van der Waals surface area contributed by atoms with E-state index in [1.165, 1.54) is 24.5 Å². The van der Waals surface area contributed by atoms with Gasteiger partial charge in [0, 0.05) is 17.1 Å². The van der Waals surface area contributed by atoms with Crippen molar-refractivity contribution in [3.05, 3.63) is 47.5 Å². The Morgan fingerprint density at radius 2 is 1.87 bits per heavy atom. The summed E-state index contributed by atoms with van der Waals surface area (Å²) in [5.74, 6) is -1.79. The molecule has 8 heteroatoms. The molecule has 0 aliphatic carbocycles. The number of thiazole rings is 1. The number of amides is 2. The molecule has 2 amide bonds. The average Bonchev–Trinajstić information content (AvgIpc) is 3.05. The first-order chi connectivity index (χ1) is 11.0. The summed E-state index contributed by atoms with van der Waals surface area (Å²) in [6.07, 6.45) is 1.52. The van der Waals surface area contributed by atoms with E-state index in [9.17, 15) is 14.4 Å². The second kappa shape index (κ2) is 7.85. The number of hydrogen-bond acceptors (Lipinski definition) is 5. The largest absolute Gasteiger partial charge is 0.337 e. The Hall–Kier alpha value is -2.25. The highest BCUT2D eigenvalue weighted by atomic mass is 35.5. The Bertz CT molecular complexity index is 689.